The Morgan fingerprint density at radius 2 is 1.85 bits per heavy atom. The Labute approximate surface area is 161 Å². The van der Waals surface area contributed by atoms with Crippen molar-refractivity contribution in [2.24, 2.45) is 0 Å². The summed E-state index contributed by atoms with van der Waals surface area (Å²) in [5.74, 6) is -0.314. The summed E-state index contributed by atoms with van der Waals surface area (Å²) in [6.45, 7) is 0.519. The molecule has 0 aliphatic carbocycles. The molecule has 0 spiro atoms. The van der Waals surface area contributed by atoms with Gasteiger partial charge in [0.2, 0.25) is 11.8 Å². The van der Waals surface area contributed by atoms with Crippen molar-refractivity contribution in [3.05, 3.63) is 52.5 Å². The van der Waals surface area contributed by atoms with E-state index in [1.807, 2.05) is 19.5 Å². The Bertz CT molecular complexity index is 706. The van der Waals surface area contributed by atoms with Crippen LogP contribution >= 0.6 is 23.1 Å². The fraction of sp³-hybridized carbons (Fsp3) is 0.333. The zero-order chi connectivity index (χ0) is 18.9. The van der Waals surface area contributed by atoms with Crippen molar-refractivity contribution in [1.29, 1.82) is 0 Å². The van der Waals surface area contributed by atoms with Crippen LogP contribution in [0.5, 0.6) is 0 Å². The van der Waals surface area contributed by atoms with Crippen molar-refractivity contribution in [2.75, 3.05) is 37.5 Å². The van der Waals surface area contributed by atoms with Gasteiger partial charge in [0.15, 0.2) is 0 Å². The van der Waals surface area contributed by atoms with Crippen LogP contribution < -0.4 is 10.6 Å². The molecule has 1 heterocycles. The number of hydrogen-bond acceptors (Lipinski definition) is 5. The first-order valence-corrected chi connectivity index (χ1v) is 10.1. The van der Waals surface area contributed by atoms with Gasteiger partial charge in [-0.15, -0.1) is 11.8 Å². The summed E-state index contributed by atoms with van der Waals surface area (Å²) in [7, 11) is 3.95. The van der Waals surface area contributed by atoms with Gasteiger partial charge in [-0.2, -0.15) is 11.3 Å². The number of rotatable bonds is 9. The van der Waals surface area contributed by atoms with Crippen molar-refractivity contribution in [3.63, 3.8) is 0 Å². The van der Waals surface area contributed by atoms with Crippen LogP contribution in [0.2, 0.25) is 0 Å². The predicted octanol–water partition coefficient (Wildman–Crippen LogP) is 2.98. The topological polar surface area (TPSA) is 61.4 Å². The minimum atomic E-state index is -0.354. The minimum absolute atomic E-state index is 0.105. The van der Waals surface area contributed by atoms with E-state index >= 15 is 0 Å². The van der Waals surface area contributed by atoms with Crippen molar-refractivity contribution < 1.29 is 14.0 Å². The number of hydrogen-bond donors (Lipinski definition) is 2. The Balaban J connectivity index is 1.68. The summed E-state index contributed by atoms with van der Waals surface area (Å²) in [5.41, 5.74) is 1.71. The van der Waals surface area contributed by atoms with E-state index in [9.17, 15) is 14.0 Å². The molecule has 2 N–H and O–H groups in total. The average Bonchev–Trinajstić information content (AvgIpc) is 3.11. The second kappa shape index (κ2) is 10.3. The van der Waals surface area contributed by atoms with Crippen LogP contribution in [-0.2, 0) is 9.59 Å². The van der Waals surface area contributed by atoms with Gasteiger partial charge in [-0.3, -0.25) is 9.59 Å². The Kier molecular flexibility index (Phi) is 8.08. The van der Waals surface area contributed by atoms with Crippen molar-refractivity contribution >= 4 is 40.6 Å². The van der Waals surface area contributed by atoms with Crippen LogP contribution in [0.1, 0.15) is 11.6 Å². The number of thioether (sulfide) groups is 1. The summed E-state index contributed by atoms with van der Waals surface area (Å²) in [4.78, 5) is 25.9. The first-order valence-electron chi connectivity index (χ1n) is 8.04. The first-order chi connectivity index (χ1) is 12.5. The lowest BCUT2D eigenvalue weighted by molar-refractivity contribution is -0.118. The summed E-state index contributed by atoms with van der Waals surface area (Å²) in [5, 5.41) is 9.67. The highest BCUT2D eigenvalue weighted by Crippen LogP contribution is 2.20. The van der Waals surface area contributed by atoms with Gasteiger partial charge in [0, 0.05) is 12.2 Å². The molecule has 0 radical (unpaired) electrons. The van der Waals surface area contributed by atoms with E-state index in [1.54, 1.807) is 11.3 Å². The van der Waals surface area contributed by atoms with Gasteiger partial charge in [0.25, 0.3) is 0 Å². The number of carbonyl (C=O) groups excluding carboxylic acids is 2. The molecule has 1 atom stereocenters. The number of benzene rings is 1. The molecule has 2 amide bonds. The van der Waals surface area contributed by atoms with Crippen LogP contribution in [0.25, 0.3) is 0 Å². The van der Waals surface area contributed by atoms with Gasteiger partial charge in [0.1, 0.15) is 5.82 Å². The second-order valence-electron chi connectivity index (χ2n) is 5.89. The number of nitrogens with zero attached hydrogens (tertiary/aromatic N) is 1. The number of halogens is 1. The molecule has 1 aromatic carbocycles. The lowest BCUT2D eigenvalue weighted by atomic mass is 10.1. The number of nitrogens with one attached hydrogen (secondary N) is 2. The molecular formula is C18H22FN3O2S2. The van der Waals surface area contributed by atoms with Crippen molar-refractivity contribution in [1.82, 2.24) is 10.2 Å². The average molecular weight is 396 g/mol. The smallest absolute Gasteiger partial charge is 0.234 e. The van der Waals surface area contributed by atoms with Gasteiger partial charge in [-0.05, 0) is 60.8 Å². The maximum absolute atomic E-state index is 12.8. The Hall–Kier alpha value is -1.90. The fourth-order valence-corrected chi connectivity index (χ4v) is 3.65. The molecule has 2 aromatic rings. The lowest BCUT2D eigenvalue weighted by Gasteiger charge is -2.23. The SMILES string of the molecule is CN(C)C(CNC(=O)CSCC(=O)Nc1ccc(F)cc1)c1ccsc1. The third kappa shape index (κ3) is 6.78. The standard InChI is InChI=1S/C18H22FN3O2S2/c1-22(2)16(13-7-8-25-10-13)9-20-17(23)11-26-12-18(24)21-15-5-3-14(19)4-6-15/h3-8,10,16H,9,11-12H2,1-2H3,(H,20,23)(H,21,24). The summed E-state index contributed by atoms with van der Waals surface area (Å²) in [6, 6.07) is 7.73. The maximum Gasteiger partial charge on any atom is 0.234 e. The number of carbonyl (C=O) groups is 2. The highest BCUT2D eigenvalue weighted by Gasteiger charge is 2.15. The molecule has 0 saturated carbocycles. The summed E-state index contributed by atoms with van der Waals surface area (Å²) >= 11 is 2.87. The normalized spacial score (nSPS) is 12.0. The molecule has 0 aliphatic rings. The van der Waals surface area contributed by atoms with Crippen LogP contribution in [0.3, 0.4) is 0 Å². The molecule has 140 valence electrons. The first kappa shape index (κ1) is 20.4. The number of amides is 2. The van der Waals surface area contributed by atoms with E-state index < -0.39 is 0 Å². The lowest BCUT2D eigenvalue weighted by Crippen LogP contribution is -2.35. The van der Waals surface area contributed by atoms with Crippen LogP contribution in [0.4, 0.5) is 10.1 Å². The molecule has 0 aliphatic heterocycles. The van der Waals surface area contributed by atoms with E-state index in [2.05, 4.69) is 27.0 Å². The molecule has 1 aromatic heterocycles. The van der Waals surface area contributed by atoms with Crippen LogP contribution in [0.15, 0.2) is 41.1 Å². The highest BCUT2D eigenvalue weighted by atomic mass is 32.2. The molecule has 2 rings (SSSR count). The number of anilines is 1. The second-order valence-corrected chi connectivity index (χ2v) is 7.65. The quantitative estimate of drug-likeness (QED) is 0.685. The molecule has 8 heteroatoms. The van der Waals surface area contributed by atoms with E-state index in [1.165, 1.54) is 41.6 Å². The molecule has 5 nitrogen and oxygen atoms in total. The minimum Gasteiger partial charge on any atom is -0.353 e. The molecule has 0 saturated heterocycles. The molecule has 0 bridgehead atoms. The van der Waals surface area contributed by atoms with Crippen molar-refractivity contribution in [2.45, 2.75) is 6.04 Å². The van der Waals surface area contributed by atoms with Crippen LogP contribution in [0, 0.1) is 5.82 Å². The van der Waals surface area contributed by atoms with E-state index in [4.69, 9.17) is 0 Å². The Morgan fingerprint density at radius 1 is 1.15 bits per heavy atom. The highest BCUT2D eigenvalue weighted by molar-refractivity contribution is 8.00. The van der Waals surface area contributed by atoms with E-state index in [0.29, 0.717) is 12.2 Å². The summed E-state index contributed by atoms with van der Waals surface area (Å²) in [6.07, 6.45) is 0. The Morgan fingerprint density at radius 3 is 2.46 bits per heavy atom. The molecule has 1 unspecified atom stereocenters. The van der Waals surface area contributed by atoms with Gasteiger partial charge in [0.05, 0.1) is 17.5 Å². The number of likely N-dealkylation sites (N-methyl/N-ethyl adjacent to an activating group) is 1. The molecular weight excluding hydrogens is 373 g/mol. The van der Waals surface area contributed by atoms with Crippen molar-refractivity contribution in [3.8, 4) is 0 Å². The van der Waals surface area contributed by atoms with Gasteiger partial charge >= 0.3 is 0 Å². The summed E-state index contributed by atoms with van der Waals surface area (Å²) < 4.78 is 12.8. The van der Waals surface area contributed by atoms with Gasteiger partial charge in [-0.1, -0.05) is 0 Å². The fourth-order valence-electron chi connectivity index (χ4n) is 2.29. The third-order valence-corrected chi connectivity index (χ3v) is 5.27. The zero-order valence-electron chi connectivity index (χ0n) is 14.7. The van der Waals surface area contributed by atoms with E-state index in [0.717, 1.165) is 0 Å². The van der Waals surface area contributed by atoms with Gasteiger partial charge < -0.3 is 15.5 Å². The number of thiophene rings is 1. The maximum atomic E-state index is 12.8. The largest absolute Gasteiger partial charge is 0.353 e. The zero-order valence-corrected chi connectivity index (χ0v) is 16.3. The monoisotopic (exact) mass is 395 g/mol. The van der Waals surface area contributed by atoms with E-state index in [-0.39, 0.29) is 35.2 Å². The van der Waals surface area contributed by atoms with Crippen LogP contribution in [-0.4, -0.2) is 48.9 Å². The molecule has 26 heavy (non-hydrogen) atoms. The molecule has 0 fully saturated rings. The predicted molar refractivity (Wildman–Crippen MR) is 106 cm³/mol. The van der Waals surface area contributed by atoms with Gasteiger partial charge in [-0.25, -0.2) is 4.39 Å². The third-order valence-electron chi connectivity index (χ3n) is 3.64.